The van der Waals surface area contributed by atoms with Crippen molar-refractivity contribution in [3.05, 3.63) is 83.4 Å². The van der Waals surface area contributed by atoms with Crippen molar-refractivity contribution in [2.24, 2.45) is 0 Å². The Kier molecular flexibility index (Phi) is 6.81. The van der Waals surface area contributed by atoms with E-state index < -0.39 is 107 Å². The van der Waals surface area contributed by atoms with E-state index in [1.165, 1.54) is 24.3 Å². The van der Waals surface area contributed by atoms with Gasteiger partial charge in [-0.1, -0.05) is 29.3 Å². The number of anilines is 2. The molecule has 48 heavy (non-hydrogen) atoms. The van der Waals surface area contributed by atoms with Crippen LogP contribution in [-0.4, -0.2) is 41.2 Å². The van der Waals surface area contributed by atoms with E-state index in [0.717, 1.165) is 18.2 Å². The second-order valence-corrected chi connectivity index (χ2v) is 14.0. The fraction of sp³-hybridized carbons (Fsp3) is 0. The predicted octanol–water partition coefficient (Wildman–Crippen LogP) is 2.23. The van der Waals surface area contributed by atoms with E-state index in [1.54, 1.807) is 0 Å². The average molecular weight is 713 g/mol. The van der Waals surface area contributed by atoms with Crippen LogP contribution < -0.4 is 33.2 Å². The lowest BCUT2D eigenvalue weighted by Crippen LogP contribution is -2.19. The zero-order chi connectivity index (χ0) is 34.6. The van der Waals surface area contributed by atoms with Gasteiger partial charge in [-0.05, 0) is 18.2 Å². The number of H-pyrrole nitrogens is 2. The molecule has 0 radical (unpaired) electrons. The Morgan fingerprint density at radius 1 is 0.625 bits per heavy atom. The third-order valence-corrected chi connectivity index (χ3v) is 10.5. The maximum Gasteiger partial charge on any atom is 0.298 e. The van der Waals surface area contributed by atoms with Crippen LogP contribution >= 0.6 is 12.0 Å². The van der Waals surface area contributed by atoms with Gasteiger partial charge in [0.25, 0.3) is 20.2 Å². The van der Waals surface area contributed by atoms with Gasteiger partial charge >= 0.3 is 0 Å². The van der Waals surface area contributed by atoms with E-state index in [9.17, 15) is 45.1 Å². The van der Waals surface area contributed by atoms with Gasteiger partial charge < -0.3 is 21.4 Å². The molecule has 17 nitrogen and oxygen atoms in total. The first-order valence-electron chi connectivity index (χ1n) is 13.1. The molecule has 6 aromatic carbocycles. The van der Waals surface area contributed by atoms with Crippen molar-refractivity contribution in [1.29, 1.82) is 0 Å². The topological polar surface area (TPSA) is 299 Å². The van der Waals surface area contributed by atoms with Crippen LogP contribution in [0.5, 0.6) is 0 Å². The molecule has 0 unspecified atom stereocenters. The second kappa shape index (κ2) is 10.4. The molecule has 7 rings (SSSR count). The SMILES string of the molecule is Nc1c(SOOO)c2[nH]c3c([nH]c2c2c(=O)c4cc(S(=O)(=O)O)ccc4c(=O)c12)c(S(=O)(=O)O)c(N)c1c(=O)c2ccccc2c(=O)c13. The summed E-state index contributed by atoms with van der Waals surface area (Å²) in [5, 5.41) is 9.65. The number of fused-ring (bicyclic) bond motifs is 8. The van der Waals surface area contributed by atoms with Crippen LogP contribution in [0.2, 0.25) is 0 Å². The van der Waals surface area contributed by atoms with Crippen molar-refractivity contribution in [3.8, 4) is 0 Å². The Hall–Kier alpha value is -5.19. The Bertz CT molecular complexity index is 3110. The summed E-state index contributed by atoms with van der Waals surface area (Å²) >= 11 is 0.220. The van der Waals surface area contributed by atoms with Gasteiger partial charge in [0.2, 0.25) is 0 Å². The van der Waals surface area contributed by atoms with Gasteiger partial charge in [-0.15, -0.1) is 4.33 Å². The third kappa shape index (κ3) is 4.29. The highest BCUT2D eigenvalue weighted by Crippen LogP contribution is 2.41. The number of nitrogen functional groups attached to an aromatic ring is 2. The number of nitrogens with two attached hydrogens (primary N) is 2. The van der Waals surface area contributed by atoms with Gasteiger partial charge in [-0.25, -0.2) is 5.26 Å². The molecule has 20 heteroatoms. The normalized spacial score (nSPS) is 12.7. The van der Waals surface area contributed by atoms with Crippen LogP contribution in [0.15, 0.2) is 76.3 Å². The zero-order valence-electron chi connectivity index (χ0n) is 23.3. The van der Waals surface area contributed by atoms with Crippen molar-refractivity contribution in [2.45, 2.75) is 14.7 Å². The molecule has 0 bridgehead atoms. The van der Waals surface area contributed by atoms with Gasteiger partial charge in [0.15, 0.2) is 21.7 Å². The molecular formula is C28H16N4O13S3. The highest BCUT2D eigenvalue weighted by molar-refractivity contribution is 7.95. The number of benzene rings is 6. The van der Waals surface area contributed by atoms with Gasteiger partial charge in [0.1, 0.15) is 4.90 Å². The molecule has 0 fully saturated rings. The fourth-order valence-electron chi connectivity index (χ4n) is 6.05. The summed E-state index contributed by atoms with van der Waals surface area (Å²) in [5.41, 5.74) is 6.05. The minimum Gasteiger partial charge on any atom is -0.397 e. The maximum atomic E-state index is 14.1. The zero-order valence-corrected chi connectivity index (χ0v) is 25.8. The van der Waals surface area contributed by atoms with Crippen LogP contribution in [0.25, 0.3) is 65.2 Å². The molecular weight excluding hydrogens is 697 g/mol. The van der Waals surface area contributed by atoms with Crippen LogP contribution in [0.3, 0.4) is 0 Å². The number of aromatic nitrogens is 2. The number of aromatic amines is 2. The van der Waals surface area contributed by atoms with E-state index in [0.29, 0.717) is 0 Å². The van der Waals surface area contributed by atoms with Crippen molar-refractivity contribution >= 4 is 109 Å². The highest BCUT2D eigenvalue weighted by atomic mass is 32.2. The molecule has 0 saturated carbocycles. The van der Waals surface area contributed by atoms with Gasteiger partial charge in [-0.3, -0.25) is 28.3 Å². The molecule has 244 valence electrons. The van der Waals surface area contributed by atoms with Crippen LogP contribution in [0.4, 0.5) is 11.4 Å². The Balaban J connectivity index is 1.85. The summed E-state index contributed by atoms with van der Waals surface area (Å²) in [4.78, 5) is 58.8. The first-order chi connectivity index (χ1) is 22.6. The van der Waals surface area contributed by atoms with Gasteiger partial charge in [0.05, 0.1) is 76.8 Å². The van der Waals surface area contributed by atoms with E-state index in [4.69, 9.17) is 16.7 Å². The van der Waals surface area contributed by atoms with Crippen LogP contribution in [0.1, 0.15) is 0 Å². The fourth-order valence-corrected chi connectivity index (χ4v) is 7.87. The Morgan fingerprint density at radius 2 is 1.12 bits per heavy atom. The first-order valence-corrected chi connectivity index (χ1v) is 16.7. The molecule has 0 aliphatic heterocycles. The van der Waals surface area contributed by atoms with Gasteiger partial charge in [-0.2, -0.15) is 16.8 Å². The monoisotopic (exact) mass is 712 g/mol. The van der Waals surface area contributed by atoms with Crippen LogP contribution in [0, 0.1) is 0 Å². The largest absolute Gasteiger partial charge is 0.397 e. The van der Waals surface area contributed by atoms with Crippen LogP contribution in [-0.2, 0) is 29.6 Å². The van der Waals surface area contributed by atoms with Crippen molar-refractivity contribution in [2.75, 3.05) is 11.5 Å². The average Bonchev–Trinajstić information content (AvgIpc) is 3.03. The molecule has 1 heterocycles. The minimum absolute atomic E-state index is 0.0626. The van der Waals surface area contributed by atoms with Crippen molar-refractivity contribution < 1.29 is 40.6 Å². The lowest BCUT2D eigenvalue weighted by atomic mass is 9.98. The molecule has 0 aliphatic rings. The first kappa shape index (κ1) is 31.4. The molecule has 1 aromatic heterocycles. The summed E-state index contributed by atoms with van der Waals surface area (Å²) in [6.45, 7) is 0. The molecule has 0 atom stereocenters. The summed E-state index contributed by atoms with van der Waals surface area (Å²) in [6.07, 6.45) is 0. The quantitative estimate of drug-likeness (QED) is 0.0256. The summed E-state index contributed by atoms with van der Waals surface area (Å²) in [6, 6.07) is 8.25. The molecule has 0 spiro atoms. The van der Waals surface area contributed by atoms with Crippen molar-refractivity contribution in [1.82, 2.24) is 9.97 Å². The lowest BCUT2D eigenvalue weighted by molar-refractivity contribution is -0.432. The number of hydrogen-bond donors (Lipinski definition) is 7. The summed E-state index contributed by atoms with van der Waals surface area (Å²) < 4.78 is 73.9. The highest BCUT2D eigenvalue weighted by Gasteiger charge is 2.29. The van der Waals surface area contributed by atoms with E-state index >= 15 is 0 Å². The number of rotatable bonds is 5. The van der Waals surface area contributed by atoms with E-state index in [-0.39, 0.29) is 38.6 Å². The molecule has 0 amide bonds. The molecule has 9 N–H and O–H groups in total. The minimum atomic E-state index is -5.32. The predicted molar refractivity (Wildman–Crippen MR) is 176 cm³/mol. The maximum absolute atomic E-state index is 14.1. The second-order valence-electron chi connectivity index (χ2n) is 10.5. The number of hydrogen-bond acceptors (Lipinski definition) is 14. The van der Waals surface area contributed by atoms with Crippen molar-refractivity contribution in [3.63, 3.8) is 0 Å². The molecule has 0 aliphatic carbocycles. The van der Waals surface area contributed by atoms with E-state index in [2.05, 4.69) is 19.3 Å². The standard InChI is InChI=1S/C28H16N4O13S3/c29-17-13-15(26(36)12-7-8(47(38,39)40)5-6-11(12)24(13)34)19-21(27(17)46-45-44-37)31-20-16-14(18(30)28(22(20)32-19)48(41,42)43)23(33)9-3-1-2-4-10(9)25(16)35/h1-7,31-32,37H,29-30H2,(H,38,39,40)(H,41,42,43). The third-order valence-electron chi connectivity index (χ3n) is 7.99. The number of nitrogens with one attached hydrogen (secondary N) is 2. The van der Waals surface area contributed by atoms with Gasteiger partial charge in [0, 0.05) is 21.5 Å². The Labute approximate surface area is 268 Å². The molecule has 0 saturated heterocycles. The smallest absolute Gasteiger partial charge is 0.298 e. The molecule has 7 aromatic rings. The Morgan fingerprint density at radius 3 is 1.69 bits per heavy atom. The van der Waals surface area contributed by atoms with E-state index in [1.807, 2.05) is 0 Å². The lowest BCUT2D eigenvalue weighted by Gasteiger charge is -2.17. The summed E-state index contributed by atoms with van der Waals surface area (Å²) in [7, 11) is -10.2. The summed E-state index contributed by atoms with van der Waals surface area (Å²) in [5.74, 6) is 0.